The van der Waals surface area contributed by atoms with Crippen molar-refractivity contribution in [2.24, 2.45) is 0 Å². The molecule has 0 unspecified atom stereocenters. The van der Waals surface area contributed by atoms with Crippen LogP contribution >= 0.6 is 0 Å². The van der Waals surface area contributed by atoms with Gasteiger partial charge in [-0.1, -0.05) is 31.9 Å². The first kappa shape index (κ1) is 16.9. The number of ether oxygens (including phenoxy) is 1. The van der Waals surface area contributed by atoms with E-state index in [1.165, 1.54) is 0 Å². The van der Waals surface area contributed by atoms with Gasteiger partial charge in [-0.3, -0.25) is 9.59 Å². The zero-order valence-electron chi connectivity index (χ0n) is 14.0. The molecule has 0 radical (unpaired) electrons. The molecule has 1 heterocycles. The summed E-state index contributed by atoms with van der Waals surface area (Å²) in [5.41, 5.74) is 1.63. The number of carbonyl (C=O) groups excluding carboxylic acids is 3. The van der Waals surface area contributed by atoms with E-state index in [9.17, 15) is 14.4 Å². The zero-order chi connectivity index (χ0) is 17.8. The Labute approximate surface area is 146 Å². The lowest BCUT2D eigenvalue weighted by atomic mass is 10.1. The number of hydrogen-bond acceptors (Lipinski definition) is 4. The number of amides is 2. The number of anilines is 1. The molecular weight excluding hydrogens is 318 g/mol. The predicted molar refractivity (Wildman–Crippen MR) is 93.8 cm³/mol. The SMILES string of the molecule is CCCCCOC(=O)c1ccc(N2C(=O)c3ccccc3C2=O)cc1. The third-order valence-corrected chi connectivity index (χ3v) is 4.14. The largest absolute Gasteiger partial charge is 0.462 e. The highest BCUT2D eigenvalue weighted by molar-refractivity contribution is 6.34. The highest BCUT2D eigenvalue weighted by atomic mass is 16.5. The van der Waals surface area contributed by atoms with Gasteiger partial charge in [-0.15, -0.1) is 0 Å². The Kier molecular flexibility index (Phi) is 4.93. The molecular formula is C20H19NO4. The monoisotopic (exact) mass is 337 g/mol. The minimum atomic E-state index is -0.398. The van der Waals surface area contributed by atoms with E-state index in [1.807, 2.05) is 0 Å². The van der Waals surface area contributed by atoms with Crippen LogP contribution in [0.2, 0.25) is 0 Å². The van der Waals surface area contributed by atoms with Crippen LogP contribution in [0, 0.1) is 0 Å². The van der Waals surface area contributed by atoms with Crippen molar-refractivity contribution in [3.05, 3.63) is 65.2 Å². The van der Waals surface area contributed by atoms with E-state index < -0.39 is 5.97 Å². The molecule has 0 spiro atoms. The number of nitrogens with zero attached hydrogens (tertiary/aromatic N) is 1. The van der Waals surface area contributed by atoms with Gasteiger partial charge in [-0.2, -0.15) is 0 Å². The molecule has 128 valence electrons. The molecule has 5 heteroatoms. The maximum absolute atomic E-state index is 12.4. The van der Waals surface area contributed by atoms with E-state index in [0.29, 0.717) is 29.0 Å². The summed E-state index contributed by atoms with van der Waals surface area (Å²) in [5.74, 6) is -1.10. The molecule has 0 saturated carbocycles. The van der Waals surface area contributed by atoms with Crippen LogP contribution in [-0.2, 0) is 4.74 Å². The lowest BCUT2D eigenvalue weighted by Gasteiger charge is -2.14. The number of unbranched alkanes of at least 4 members (excludes halogenated alkanes) is 2. The van der Waals surface area contributed by atoms with Gasteiger partial charge in [0.05, 0.1) is 29.0 Å². The Hall–Kier alpha value is -2.95. The molecule has 0 bridgehead atoms. The Balaban J connectivity index is 1.72. The molecule has 0 aliphatic carbocycles. The quantitative estimate of drug-likeness (QED) is 0.456. The van der Waals surface area contributed by atoms with Crippen LogP contribution < -0.4 is 4.90 Å². The first-order valence-electron chi connectivity index (χ1n) is 8.38. The smallest absolute Gasteiger partial charge is 0.338 e. The highest BCUT2D eigenvalue weighted by Gasteiger charge is 2.36. The molecule has 0 fully saturated rings. The van der Waals surface area contributed by atoms with Gasteiger partial charge < -0.3 is 4.74 Å². The summed E-state index contributed by atoms with van der Waals surface area (Å²) in [5, 5.41) is 0. The van der Waals surface area contributed by atoms with Crippen molar-refractivity contribution in [1.82, 2.24) is 0 Å². The first-order valence-corrected chi connectivity index (χ1v) is 8.38. The normalized spacial score (nSPS) is 13.1. The van der Waals surface area contributed by atoms with Crippen molar-refractivity contribution in [2.45, 2.75) is 26.2 Å². The highest BCUT2D eigenvalue weighted by Crippen LogP contribution is 2.28. The topological polar surface area (TPSA) is 63.7 Å². The van der Waals surface area contributed by atoms with E-state index >= 15 is 0 Å². The first-order chi connectivity index (χ1) is 12.1. The lowest BCUT2D eigenvalue weighted by molar-refractivity contribution is 0.0498. The van der Waals surface area contributed by atoms with Gasteiger partial charge in [-0.25, -0.2) is 9.69 Å². The fourth-order valence-electron chi connectivity index (χ4n) is 2.77. The number of carbonyl (C=O) groups is 3. The van der Waals surface area contributed by atoms with Crippen molar-refractivity contribution in [3.63, 3.8) is 0 Å². The molecule has 0 aromatic heterocycles. The van der Waals surface area contributed by atoms with Crippen LogP contribution in [0.5, 0.6) is 0 Å². The minimum absolute atomic E-state index is 0.351. The average Bonchev–Trinajstić information content (AvgIpc) is 2.90. The van der Waals surface area contributed by atoms with E-state index in [2.05, 4.69) is 6.92 Å². The molecule has 0 atom stereocenters. The van der Waals surface area contributed by atoms with Crippen molar-refractivity contribution in [1.29, 1.82) is 0 Å². The van der Waals surface area contributed by atoms with Gasteiger partial charge in [0, 0.05) is 0 Å². The number of fused-ring (bicyclic) bond motifs is 1. The van der Waals surface area contributed by atoms with E-state index in [0.717, 1.165) is 24.2 Å². The van der Waals surface area contributed by atoms with Crippen molar-refractivity contribution < 1.29 is 19.1 Å². The van der Waals surface area contributed by atoms with Crippen LogP contribution in [0.15, 0.2) is 48.5 Å². The summed E-state index contributed by atoms with van der Waals surface area (Å²) in [6.07, 6.45) is 2.92. The molecule has 0 N–H and O–H groups in total. The molecule has 5 nitrogen and oxygen atoms in total. The fourth-order valence-corrected chi connectivity index (χ4v) is 2.77. The molecule has 0 saturated heterocycles. The molecule has 25 heavy (non-hydrogen) atoms. The van der Waals surface area contributed by atoms with Crippen molar-refractivity contribution in [2.75, 3.05) is 11.5 Å². The molecule has 3 rings (SSSR count). The number of imide groups is 1. The summed E-state index contributed by atoms with van der Waals surface area (Å²) in [4.78, 5) is 38.0. The van der Waals surface area contributed by atoms with Crippen LogP contribution in [0.1, 0.15) is 57.3 Å². The van der Waals surface area contributed by atoms with E-state index in [1.54, 1.807) is 48.5 Å². The lowest BCUT2D eigenvalue weighted by Crippen LogP contribution is -2.29. The molecule has 1 aliphatic rings. The van der Waals surface area contributed by atoms with Crippen molar-refractivity contribution >= 4 is 23.5 Å². The second-order valence-electron chi connectivity index (χ2n) is 5.88. The summed E-state index contributed by atoms with van der Waals surface area (Å²) >= 11 is 0. The summed E-state index contributed by atoms with van der Waals surface area (Å²) in [6.45, 7) is 2.48. The fraction of sp³-hybridized carbons (Fsp3) is 0.250. The van der Waals surface area contributed by atoms with Gasteiger partial charge in [0.15, 0.2) is 0 Å². The van der Waals surface area contributed by atoms with Gasteiger partial charge in [0.25, 0.3) is 11.8 Å². The number of esters is 1. The van der Waals surface area contributed by atoms with Crippen LogP contribution in [0.25, 0.3) is 0 Å². The van der Waals surface area contributed by atoms with Gasteiger partial charge in [0.1, 0.15) is 0 Å². The third kappa shape index (κ3) is 3.31. The van der Waals surface area contributed by atoms with Crippen LogP contribution in [0.3, 0.4) is 0 Å². The van der Waals surface area contributed by atoms with Crippen LogP contribution in [-0.4, -0.2) is 24.4 Å². The Morgan fingerprint density at radius 1 is 0.920 bits per heavy atom. The standard InChI is InChI=1S/C20H19NO4/c1-2-3-6-13-25-20(24)14-9-11-15(12-10-14)21-18(22)16-7-4-5-8-17(16)19(21)23/h4-5,7-12H,2-3,6,13H2,1H3. The maximum atomic E-state index is 12.4. The molecule has 2 aromatic carbocycles. The van der Waals surface area contributed by atoms with Gasteiger partial charge >= 0.3 is 5.97 Å². The summed E-state index contributed by atoms with van der Waals surface area (Å²) < 4.78 is 5.20. The number of benzene rings is 2. The van der Waals surface area contributed by atoms with Crippen LogP contribution in [0.4, 0.5) is 5.69 Å². The zero-order valence-corrected chi connectivity index (χ0v) is 14.0. The van der Waals surface area contributed by atoms with E-state index in [4.69, 9.17) is 4.74 Å². The van der Waals surface area contributed by atoms with Gasteiger partial charge in [0.2, 0.25) is 0 Å². The molecule has 2 aromatic rings. The predicted octanol–water partition coefficient (Wildman–Crippen LogP) is 3.83. The number of hydrogen-bond donors (Lipinski definition) is 0. The van der Waals surface area contributed by atoms with E-state index in [-0.39, 0.29) is 11.8 Å². The summed E-state index contributed by atoms with van der Waals surface area (Å²) in [6, 6.07) is 13.0. The Morgan fingerprint density at radius 2 is 1.52 bits per heavy atom. The summed E-state index contributed by atoms with van der Waals surface area (Å²) in [7, 11) is 0. The maximum Gasteiger partial charge on any atom is 0.338 e. The minimum Gasteiger partial charge on any atom is -0.462 e. The van der Waals surface area contributed by atoms with Crippen molar-refractivity contribution in [3.8, 4) is 0 Å². The number of rotatable bonds is 6. The second kappa shape index (κ2) is 7.30. The Bertz CT molecular complexity index is 776. The second-order valence-corrected chi connectivity index (χ2v) is 5.88. The molecule has 2 amide bonds. The third-order valence-electron chi connectivity index (χ3n) is 4.14. The molecule has 1 aliphatic heterocycles. The van der Waals surface area contributed by atoms with Gasteiger partial charge in [-0.05, 0) is 42.8 Å². The Morgan fingerprint density at radius 3 is 2.08 bits per heavy atom. The average molecular weight is 337 g/mol.